The van der Waals surface area contributed by atoms with Gasteiger partial charge in [0.05, 0.1) is 0 Å². The zero-order valence-corrected chi connectivity index (χ0v) is 4.87. The van der Waals surface area contributed by atoms with Crippen LogP contribution in [-0.2, 0) is 9.59 Å². The molecule has 0 aliphatic heterocycles. The lowest BCUT2D eigenvalue weighted by molar-refractivity contribution is -0.118. The molecule has 0 unspecified atom stereocenters. The molecule has 0 amide bonds. The fraction of sp³-hybridized carbons (Fsp3) is 0. The van der Waals surface area contributed by atoms with Gasteiger partial charge in [0.25, 0.3) is 0 Å². The van der Waals surface area contributed by atoms with Gasteiger partial charge in [0.15, 0.2) is 0 Å². The van der Waals surface area contributed by atoms with Gasteiger partial charge in [-0.05, 0) is 12.2 Å². The second-order valence-electron chi connectivity index (χ2n) is 1.76. The molecule has 2 N–H and O–H groups in total. The molecule has 52 valence electrons. The maximum Gasteiger partial charge on any atom is 0.224 e. The number of allylic oxidation sites excluding steroid dienone is 2. The Hall–Kier alpha value is -1.58. The molecule has 0 bridgehead atoms. The molecule has 4 heteroatoms. The Morgan fingerprint density at radius 3 is 1.50 bits per heavy atom. The number of hydrogen-bond donors (Lipinski definition) is 2. The normalized spacial score (nSPS) is 18.4. The Morgan fingerprint density at radius 1 is 0.900 bits per heavy atom. The Kier molecular flexibility index (Phi) is 1.30. The number of carbonyl (C=O) groups excluding carboxylic acids is 2. The molecule has 1 rings (SSSR count). The summed E-state index contributed by atoms with van der Waals surface area (Å²) in [5.74, 6) is -3.27. The predicted molar refractivity (Wildman–Crippen MR) is 31.4 cm³/mol. The predicted octanol–water partition coefficient (Wildman–Crippen LogP) is 0.0220. The van der Waals surface area contributed by atoms with Crippen molar-refractivity contribution >= 4 is 11.6 Å². The van der Waals surface area contributed by atoms with Crippen molar-refractivity contribution in [2.24, 2.45) is 0 Å². The van der Waals surface area contributed by atoms with Gasteiger partial charge in [-0.15, -0.1) is 0 Å². The van der Waals surface area contributed by atoms with Crippen LogP contribution in [0.25, 0.3) is 0 Å². The molecule has 1 aliphatic carbocycles. The van der Waals surface area contributed by atoms with Gasteiger partial charge in [-0.1, -0.05) is 0 Å². The first-order valence-corrected chi connectivity index (χ1v) is 2.52. The second kappa shape index (κ2) is 1.98. The van der Waals surface area contributed by atoms with Crippen molar-refractivity contribution in [3.63, 3.8) is 0 Å². The lowest BCUT2D eigenvalue weighted by atomic mass is 10.1. The Bertz CT molecular complexity index is 233. The summed E-state index contributed by atoms with van der Waals surface area (Å²) < 4.78 is 0. The van der Waals surface area contributed by atoms with Gasteiger partial charge in [-0.3, -0.25) is 9.59 Å². The molecule has 0 aromatic rings. The first kappa shape index (κ1) is 6.54. The minimum absolute atomic E-state index is 0.753. The summed E-state index contributed by atoms with van der Waals surface area (Å²) in [6.07, 6.45) is 1.80. The highest BCUT2D eigenvalue weighted by Crippen LogP contribution is 2.07. The van der Waals surface area contributed by atoms with Gasteiger partial charge in [0.2, 0.25) is 23.1 Å². The molecule has 0 atom stereocenters. The highest BCUT2D eigenvalue weighted by atomic mass is 16.3. The van der Waals surface area contributed by atoms with Crippen molar-refractivity contribution in [1.82, 2.24) is 0 Å². The van der Waals surface area contributed by atoms with E-state index in [1.54, 1.807) is 0 Å². The van der Waals surface area contributed by atoms with Gasteiger partial charge in [0.1, 0.15) is 0 Å². The third kappa shape index (κ3) is 0.793. The van der Waals surface area contributed by atoms with Crippen LogP contribution in [0.15, 0.2) is 23.7 Å². The van der Waals surface area contributed by atoms with Crippen LogP contribution in [0.3, 0.4) is 0 Å². The van der Waals surface area contributed by atoms with Crippen LogP contribution in [0.2, 0.25) is 0 Å². The number of hydrogen-bond acceptors (Lipinski definition) is 4. The molecule has 0 aromatic carbocycles. The van der Waals surface area contributed by atoms with Crippen LogP contribution in [-0.4, -0.2) is 21.8 Å². The second-order valence-corrected chi connectivity index (χ2v) is 1.76. The van der Waals surface area contributed by atoms with Gasteiger partial charge in [0, 0.05) is 0 Å². The van der Waals surface area contributed by atoms with E-state index in [0.717, 1.165) is 12.2 Å². The summed E-state index contributed by atoms with van der Waals surface area (Å²) in [5, 5.41) is 17.2. The van der Waals surface area contributed by atoms with Crippen LogP contribution in [0.5, 0.6) is 0 Å². The molecule has 10 heavy (non-hydrogen) atoms. The summed E-state index contributed by atoms with van der Waals surface area (Å²) in [5.41, 5.74) is 0. The minimum atomic E-state index is -0.882. The number of aliphatic hydroxyl groups is 2. The average Bonchev–Trinajstić information content (AvgIpc) is 1.93. The van der Waals surface area contributed by atoms with Crippen molar-refractivity contribution in [2.75, 3.05) is 0 Å². The third-order valence-corrected chi connectivity index (χ3v) is 1.08. The maximum absolute atomic E-state index is 10.4. The highest BCUT2D eigenvalue weighted by molar-refractivity contribution is 6.17. The standard InChI is InChI=1S/C6H4O4/c7-3-1-2-4(8)6(10)5(3)9/h1-2,9-10H. The fourth-order valence-electron chi connectivity index (χ4n) is 0.543. The summed E-state index contributed by atoms with van der Waals surface area (Å²) in [7, 11) is 0. The molecule has 0 saturated heterocycles. The summed E-state index contributed by atoms with van der Waals surface area (Å²) in [6.45, 7) is 0. The molecule has 0 spiro atoms. The quantitative estimate of drug-likeness (QED) is 0.465. The lowest BCUT2D eigenvalue weighted by Gasteiger charge is -2.01. The molecular weight excluding hydrogens is 136 g/mol. The molecule has 0 fully saturated rings. The minimum Gasteiger partial charge on any atom is -0.501 e. The Morgan fingerprint density at radius 2 is 1.20 bits per heavy atom. The molecule has 0 saturated carbocycles. The van der Waals surface area contributed by atoms with E-state index in [-0.39, 0.29) is 0 Å². The van der Waals surface area contributed by atoms with Crippen molar-refractivity contribution in [3.05, 3.63) is 23.7 Å². The summed E-state index contributed by atoms with van der Waals surface area (Å²) in [6, 6.07) is 0. The number of aliphatic hydroxyl groups excluding tert-OH is 2. The summed E-state index contributed by atoms with van der Waals surface area (Å²) >= 11 is 0. The van der Waals surface area contributed by atoms with Crippen LogP contribution < -0.4 is 0 Å². The molecule has 0 heterocycles. The molecular formula is C6H4O4. The summed E-state index contributed by atoms with van der Waals surface area (Å²) in [4.78, 5) is 20.9. The highest BCUT2D eigenvalue weighted by Gasteiger charge is 2.20. The number of ketones is 2. The monoisotopic (exact) mass is 140 g/mol. The van der Waals surface area contributed by atoms with Crippen molar-refractivity contribution in [2.45, 2.75) is 0 Å². The van der Waals surface area contributed by atoms with Crippen LogP contribution in [0.4, 0.5) is 0 Å². The zero-order valence-electron chi connectivity index (χ0n) is 4.87. The van der Waals surface area contributed by atoms with Gasteiger partial charge >= 0.3 is 0 Å². The van der Waals surface area contributed by atoms with E-state index in [1.807, 2.05) is 0 Å². The van der Waals surface area contributed by atoms with Crippen molar-refractivity contribution in [3.8, 4) is 0 Å². The largest absolute Gasteiger partial charge is 0.501 e. The van der Waals surface area contributed by atoms with E-state index in [0.29, 0.717) is 0 Å². The topological polar surface area (TPSA) is 74.6 Å². The smallest absolute Gasteiger partial charge is 0.224 e. The maximum atomic E-state index is 10.4. The van der Waals surface area contributed by atoms with Crippen molar-refractivity contribution in [1.29, 1.82) is 0 Å². The van der Waals surface area contributed by atoms with Gasteiger partial charge in [-0.2, -0.15) is 0 Å². The lowest BCUT2D eigenvalue weighted by Crippen LogP contribution is -2.13. The third-order valence-electron chi connectivity index (χ3n) is 1.08. The van der Waals surface area contributed by atoms with E-state index < -0.39 is 23.1 Å². The Labute approximate surface area is 56.1 Å². The van der Waals surface area contributed by atoms with Gasteiger partial charge < -0.3 is 10.2 Å². The van der Waals surface area contributed by atoms with E-state index in [2.05, 4.69) is 0 Å². The molecule has 0 aromatic heterocycles. The number of carbonyl (C=O) groups is 2. The number of rotatable bonds is 0. The zero-order chi connectivity index (χ0) is 7.72. The first-order valence-electron chi connectivity index (χ1n) is 2.52. The van der Waals surface area contributed by atoms with Crippen LogP contribution in [0.1, 0.15) is 0 Å². The van der Waals surface area contributed by atoms with Crippen LogP contribution in [0, 0.1) is 0 Å². The molecule has 0 radical (unpaired) electrons. The van der Waals surface area contributed by atoms with Crippen LogP contribution >= 0.6 is 0 Å². The van der Waals surface area contributed by atoms with E-state index in [4.69, 9.17) is 10.2 Å². The fourth-order valence-corrected chi connectivity index (χ4v) is 0.543. The van der Waals surface area contributed by atoms with E-state index >= 15 is 0 Å². The van der Waals surface area contributed by atoms with Gasteiger partial charge in [-0.25, -0.2) is 0 Å². The van der Waals surface area contributed by atoms with Crippen molar-refractivity contribution < 1.29 is 19.8 Å². The van der Waals surface area contributed by atoms with E-state index in [1.165, 1.54) is 0 Å². The molecule has 4 nitrogen and oxygen atoms in total. The van der Waals surface area contributed by atoms with E-state index in [9.17, 15) is 9.59 Å². The average molecular weight is 140 g/mol. The Balaban J connectivity index is 3.12. The SMILES string of the molecule is O=C1C=CC(=O)C(O)=C1O. The molecule has 1 aliphatic rings. The first-order chi connectivity index (χ1) is 4.63.